The number of carbonyl (C=O) groups excluding carboxylic acids is 1. The number of benzene rings is 2. The summed E-state index contributed by atoms with van der Waals surface area (Å²) in [5.74, 6) is 0.609. The SMILES string of the molecule is O=C(CCSc1ccc(Cl)cc1)NCCN1CCN(c2nc3ccc(F)cc3s2)CC1. The van der Waals surface area contributed by atoms with Gasteiger partial charge in [-0.05, 0) is 42.5 Å². The Bertz CT molecular complexity index is 1020. The lowest BCUT2D eigenvalue weighted by molar-refractivity contribution is -0.120. The molecule has 0 radical (unpaired) electrons. The number of fused-ring (bicyclic) bond motifs is 1. The lowest BCUT2D eigenvalue weighted by atomic mass is 10.3. The molecule has 2 aromatic carbocycles. The molecule has 2 heterocycles. The number of hydrogen-bond acceptors (Lipinski definition) is 6. The topological polar surface area (TPSA) is 48.5 Å². The van der Waals surface area contributed by atoms with Gasteiger partial charge in [-0.1, -0.05) is 22.9 Å². The molecule has 0 bridgehead atoms. The number of nitrogens with one attached hydrogen (secondary N) is 1. The molecule has 3 aromatic rings. The molecular weight excluding hydrogens is 455 g/mol. The zero-order chi connectivity index (χ0) is 21.6. The summed E-state index contributed by atoms with van der Waals surface area (Å²) in [5.41, 5.74) is 0.848. The van der Waals surface area contributed by atoms with Crippen LogP contribution in [0, 0.1) is 5.82 Å². The van der Waals surface area contributed by atoms with Gasteiger partial charge >= 0.3 is 0 Å². The Labute approximate surface area is 194 Å². The second-order valence-corrected chi connectivity index (χ2v) is 9.95. The molecular formula is C22H24ClFN4OS2. The van der Waals surface area contributed by atoms with Crippen LogP contribution in [0.2, 0.25) is 5.02 Å². The van der Waals surface area contributed by atoms with E-state index in [9.17, 15) is 9.18 Å². The molecule has 9 heteroatoms. The second-order valence-electron chi connectivity index (χ2n) is 7.34. The van der Waals surface area contributed by atoms with Crippen LogP contribution in [-0.2, 0) is 4.79 Å². The Balaban J connectivity index is 1.13. The normalized spacial score (nSPS) is 14.8. The van der Waals surface area contributed by atoms with E-state index in [0.29, 0.717) is 13.0 Å². The first-order chi connectivity index (χ1) is 15.1. The molecule has 164 valence electrons. The number of aromatic nitrogens is 1. The van der Waals surface area contributed by atoms with Gasteiger partial charge < -0.3 is 10.2 Å². The average Bonchev–Trinajstić information content (AvgIpc) is 3.19. The highest BCUT2D eigenvalue weighted by molar-refractivity contribution is 7.99. The van der Waals surface area contributed by atoms with E-state index in [2.05, 4.69) is 20.1 Å². The summed E-state index contributed by atoms with van der Waals surface area (Å²) < 4.78 is 14.3. The highest BCUT2D eigenvalue weighted by atomic mass is 35.5. The number of thiazole rings is 1. The molecule has 0 saturated carbocycles. The van der Waals surface area contributed by atoms with Crippen molar-refractivity contribution in [2.75, 3.05) is 49.9 Å². The lowest BCUT2D eigenvalue weighted by Gasteiger charge is -2.34. The number of carbonyl (C=O) groups is 1. The maximum absolute atomic E-state index is 13.4. The van der Waals surface area contributed by atoms with Gasteiger partial charge in [0.05, 0.1) is 10.2 Å². The highest BCUT2D eigenvalue weighted by Gasteiger charge is 2.19. The number of rotatable bonds is 8. The summed E-state index contributed by atoms with van der Waals surface area (Å²) >= 11 is 9.08. The average molecular weight is 479 g/mol. The van der Waals surface area contributed by atoms with Gasteiger partial charge in [-0.15, -0.1) is 11.8 Å². The van der Waals surface area contributed by atoms with Crippen molar-refractivity contribution in [2.24, 2.45) is 0 Å². The van der Waals surface area contributed by atoms with Gasteiger partial charge in [0, 0.05) is 61.4 Å². The third kappa shape index (κ3) is 6.32. The molecule has 1 fully saturated rings. The molecule has 0 spiro atoms. The van der Waals surface area contributed by atoms with E-state index < -0.39 is 0 Å². The quantitative estimate of drug-likeness (QED) is 0.483. The van der Waals surface area contributed by atoms with Crippen molar-refractivity contribution in [1.29, 1.82) is 0 Å². The van der Waals surface area contributed by atoms with Crippen molar-refractivity contribution in [3.8, 4) is 0 Å². The van der Waals surface area contributed by atoms with Crippen LogP contribution in [0.3, 0.4) is 0 Å². The molecule has 4 rings (SSSR count). The predicted octanol–water partition coefficient (Wildman–Crippen LogP) is 4.51. The number of halogens is 2. The molecule has 1 aliphatic heterocycles. The summed E-state index contributed by atoms with van der Waals surface area (Å²) in [7, 11) is 0. The first-order valence-electron chi connectivity index (χ1n) is 10.3. The fourth-order valence-electron chi connectivity index (χ4n) is 3.42. The van der Waals surface area contributed by atoms with Gasteiger partial charge in [-0.3, -0.25) is 9.69 Å². The maximum Gasteiger partial charge on any atom is 0.220 e. The minimum absolute atomic E-state index is 0.0850. The molecule has 1 aromatic heterocycles. The van der Waals surface area contributed by atoms with Crippen molar-refractivity contribution in [3.05, 3.63) is 53.3 Å². The van der Waals surface area contributed by atoms with Crippen molar-refractivity contribution < 1.29 is 9.18 Å². The van der Waals surface area contributed by atoms with Crippen molar-refractivity contribution in [2.45, 2.75) is 11.3 Å². The van der Waals surface area contributed by atoms with E-state index in [0.717, 1.165) is 63.7 Å². The monoisotopic (exact) mass is 478 g/mol. The first-order valence-corrected chi connectivity index (χ1v) is 12.4. The van der Waals surface area contributed by atoms with Crippen molar-refractivity contribution in [1.82, 2.24) is 15.2 Å². The molecule has 1 amide bonds. The third-order valence-corrected chi connectivity index (χ3v) is 7.49. The van der Waals surface area contributed by atoms with E-state index in [-0.39, 0.29) is 11.7 Å². The van der Waals surface area contributed by atoms with Crippen LogP contribution in [0.15, 0.2) is 47.4 Å². The summed E-state index contributed by atoms with van der Waals surface area (Å²) in [5, 5.41) is 4.69. The van der Waals surface area contributed by atoms with Crippen molar-refractivity contribution >= 4 is 56.0 Å². The minimum atomic E-state index is -0.224. The Hall–Kier alpha value is -1.87. The summed E-state index contributed by atoms with van der Waals surface area (Å²) in [4.78, 5) is 22.4. The molecule has 1 saturated heterocycles. The summed E-state index contributed by atoms with van der Waals surface area (Å²) in [6.07, 6.45) is 0.499. The number of anilines is 1. The summed E-state index contributed by atoms with van der Waals surface area (Å²) in [6.45, 7) is 5.11. The van der Waals surface area contributed by atoms with Crippen LogP contribution in [-0.4, -0.2) is 60.8 Å². The lowest BCUT2D eigenvalue weighted by Crippen LogP contribution is -2.48. The molecule has 0 atom stereocenters. The Morgan fingerprint density at radius 3 is 2.71 bits per heavy atom. The van der Waals surface area contributed by atoms with Crippen LogP contribution in [0.4, 0.5) is 9.52 Å². The van der Waals surface area contributed by atoms with Gasteiger partial charge in [-0.2, -0.15) is 0 Å². The molecule has 1 aliphatic rings. The van der Waals surface area contributed by atoms with Gasteiger partial charge in [0.1, 0.15) is 5.82 Å². The van der Waals surface area contributed by atoms with E-state index in [1.54, 1.807) is 23.9 Å². The minimum Gasteiger partial charge on any atom is -0.355 e. The Morgan fingerprint density at radius 1 is 1.16 bits per heavy atom. The maximum atomic E-state index is 13.4. The molecule has 31 heavy (non-hydrogen) atoms. The van der Waals surface area contributed by atoms with E-state index in [1.165, 1.54) is 17.4 Å². The van der Waals surface area contributed by atoms with E-state index in [1.807, 2.05) is 24.3 Å². The van der Waals surface area contributed by atoms with E-state index >= 15 is 0 Å². The van der Waals surface area contributed by atoms with Crippen molar-refractivity contribution in [3.63, 3.8) is 0 Å². The number of piperazine rings is 1. The fourth-order valence-corrected chi connectivity index (χ4v) is 5.44. The van der Waals surface area contributed by atoms with Crippen LogP contribution in [0.1, 0.15) is 6.42 Å². The van der Waals surface area contributed by atoms with Crippen LogP contribution < -0.4 is 10.2 Å². The second kappa shape index (κ2) is 10.6. The Morgan fingerprint density at radius 2 is 1.94 bits per heavy atom. The molecule has 0 aliphatic carbocycles. The molecule has 1 N–H and O–H groups in total. The zero-order valence-electron chi connectivity index (χ0n) is 17.0. The van der Waals surface area contributed by atoms with Crippen LogP contribution in [0.25, 0.3) is 10.2 Å². The third-order valence-electron chi connectivity index (χ3n) is 5.14. The fraction of sp³-hybridized carbons (Fsp3) is 0.364. The number of thioether (sulfide) groups is 1. The van der Waals surface area contributed by atoms with Crippen LogP contribution in [0.5, 0.6) is 0 Å². The van der Waals surface area contributed by atoms with E-state index in [4.69, 9.17) is 11.6 Å². The predicted molar refractivity (Wildman–Crippen MR) is 128 cm³/mol. The number of nitrogens with zero attached hydrogens (tertiary/aromatic N) is 3. The zero-order valence-corrected chi connectivity index (χ0v) is 19.4. The summed E-state index contributed by atoms with van der Waals surface area (Å²) in [6, 6.07) is 12.4. The van der Waals surface area contributed by atoms with Gasteiger partial charge in [0.25, 0.3) is 0 Å². The van der Waals surface area contributed by atoms with Gasteiger partial charge in [0.15, 0.2) is 5.13 Å². The standard InChI is InChI=1S/C22H24ClFN4OS2/c23-16-1-4-18(5-2-16)30-14-7-21(29)25-8-9-27-10-12-28(13-11-27)22-26-19-6-3-17(24)15-20(19)31-22/h1-6,15H,7-14H2,(H,25,29). The van der Waals surface area contributed by atoms with Crippen LogP contribution >= 0.6 is 34.7 Å². The smallest absolute Gasteiger partial charge is 0.220 e. The Kier molecular flexibility index (Phi) is 7.66. The molecule has 5 nitrogen and oxygen atoms in total. The number of amides is 1. The van der Waals surface area contributed by atoms with Gasteiger partial charge in [0.2, 0.25) is 5.91 Å². The number of hydrogen-bond donors (Lipinski definition) is 1. The van der Waals surface area contributed by atoms with Gasteiger partial charge in [-0.25, -0.2) is 9.37 Å². The highest BCUT2D eigenvalue weighted by Crippen LogP contribution is 2.29. The first kappa shape index (κ1) is 22.3. The largest absolute Gasteiger partial charge is 0.355 e. The molecule has 0 unspecified atom stereocenters.